The lowest BCUT2D eigenvalue weighted by molar-refractivity contribution is 0.102. The molecule has 1 aliphatic rings. The first-order chi connectivity index (χ1) is 12.2. The van der Waals surface area contributed by atoms with Gasteiger partial charge in [-0.15, -0.1) is 0 Å². The highest BCUT2D eigenvalue weighted by Gasteiger charge is 2.17. The minimum absolute atomic E-state index is 0.132. The predicted octanol–water partition coefficient (Wildman–Crippen LogP) is 2.34. The molecule has 0 aliphatic carbocycles. The number of amides is 1. The fraction of sp³-hybridized carbons (Fsp3) is 0.263. The molecule has 0 bridgehead atoms. The molecule has 0 unspecified atom stereocenters. The van der Waals surface area contributed by atoms with Crippen molar-refractivity contribution in [1.29, 1.82) is 0 Å². The molecule has 6 nitrogen and oxygen atoms in total. The van der Waals surface area contributed by atoms with Gasteiger partial charge in [0.15, 0.2) is 0 Å². The van der Waals surface area contributed by atoms with E-state index in [9.17, 15) is 4.79 Å². The third kappa shape index (κ3) is 3.21. The second kappa shape index (κ2) is 6.57. The summed E-state index contributed by atoms with van der Waals surface area (Å²) in [6.45, 7) is 4.09. The van der Waals surface area contributed by atoms with Crippen LogP contribution in [0.1, 0.15) is 10.4 Å². The van der Waals surface area contributed by atoms with Crippen molar-refractivity contribution in [2.24, 2.45) is 0 Å². The maximum atomic E-state index is 12.5. The molecule has 25 heavy (non-hydrogen) atoms. The molecule has 128 valence electrons. The number of hydrogen-bond donors (Lipinski definition) is 1. The van der Waals surface area contributed by atoms with Crippen molar-refractivity contribution >= 4 is 22.9 Å². The highest BCUT2D eigenvalue weighted by atomic mass is 16.1. The van der Waals surface area contributed by atoms with Crippen LogP contribution in [0.4, 0.5) is 11.5 Å². The number of aromatic nitrogens is 2. The van der Waals surface area contributed by atoms with Gasteiger partial charge in [0.05, 0.1) is 17.4 Å². The number of rotatable bonds is 3. The highest BCUT2D eigenvalue weighted by molar-refractivity contribution is 6.04. The molecule has 1 N–H and O–H groups in total. The number of nitrogens with one attached hydrogen (secondary N) is 1. The van der Waals surface area contributed by atoms with Gasteiger partial charge >= 0.3 is 0 Å². The van der Waals surface area contributed by atoms with E-state index in [4.69, 9.17) is 0 Å². The molecule has 0 aromatic carbocycles. The van der Waals surface area contributed by atoms with Crippen LogP contribution in [0, 0.1) is 0 Å². The SMILES string of the molecule is CN1CCN(c2ccc3ccc(C(=O)Nc4cccnc4)cn23)CC1. The Kier molecular flexibility index (Phi) is 4.11. The zero-order chi connectivity index (χ0) is 17.2. The third-order valence-corrected chi connectivity index (χ3v) is 4.64. The minimum atomic E-state index is -0.132. The van der Waals surface area contributed by atoms with Gasteiger partial charge in [-0.05, 0) is 43.4 Å². The highest BCUT2D eigenvalue weighted by Crippen LogP contribution is 2.22. The van der Waals surface area contributed by atoms with Crippen LogP contribution in [0.2, 0.25) is 0 Å². The maximum absolute atomic E-state index is 12.5. The van der Waals surface area contributed by atoms with Crippen LogP contribution in [0.25, 0.3) is 5.52 Å². The molecule has 0 atom stereocenters. The molecule has 0 saturated carbocycles. The van der Waals surface area contributed by atoms with Gasteiger partial charge in [-0.25, -0.2) is 0 Å². The fourth-order valence-corrected chi connectivity index (χ4v) is 3.15. The van der Waals surface area contributed by atoms with Crippen LogP contribution in [0.15, 0.2) is 55.0 Å². The third-order valence-electron chi connectivity index (χ3n) is 4.64. The summed E-state index contributed by atoms with van der Waals surface area (Å²) in [5, 5.41) is 2.88. The molecular weight excluding hydrogens is 314 g/mol. The van der Waals surface area contributed by atoms with Crippen molar-refractivity contribution in [1.82, 2.24) is 14.3 Å². The number of fused-ring (bicyclic) bond motifs is 1. The fourth-order valence-electron chi connectivity index (χ4n) is 3.15. The molecule has 3 aromatic rings. The molecule has 1 amide bonds. The lowest BCUT2D eigenvalue weighted by Gasteiger charge is -2.33. The zero-order valence-corrected chi connectivity index (χ0v) is 14.2. The molecule has 1 aliphatic heterocycles. The minimum Gasteiger partial charge on any atom is -0.355 e. The van der Waals surface area contributed by atoms with Crippen LogP contribution in [-0.2, 0) is 0 Å². The molecule has 1 saturated heterocycles. The lowest BCUT2D eigenvalue weighted by Crippen LogP contribution is -2.44. The largest absolute Gasteiger partial charge is 0.355 e. The molecule has 1 fully saturated rings. The van der Waals surface area contributed by atoms with E-state index in [0.717, 1.165) is 37.5 Å². The van der Waals surface area contributed by atoms with Gasteiger partial charge in [0.2, 0.25) is 0 Å². The van der Waals surface area contributed by atoms with Gasteiger partial charge in [0.1, 0.15) is 5.82 Å². The first-order valence-electron chi connectivity index (χ1n) is 8.47. The van der Waals surface area contributed by atoms with Crippen LogP contribution >= 0.6 is 0 Å². The summed E-state index contributed by atoms with van der Waals surface area (Å²) in [4.78, 5) is 21.3. The molecule has 6 heteroatoms. The van der Waals surface area contributed by atoms with Crippen LogP contribution in [0.3, 0.4) is 0 Å². The molecule has 3 aromatic heterocycles. The predicted molar refractivity (Wildman–Crippen MR) is 99.3 cm³/mol. The van der Waals surface area contributed by atoms with Crippen LogP contribution in [-0.4, -0.2) is 53.4 Å². The van der Waals surface area contributed by atoms with E-state index >= 15 is 0 Å². The summed E-state index contributed by atoms with van der Waals surface area (Å²) in [5.74, 6) is 1.01. The Morgan fingerprint density at radius 2 is 1.88 bits per heavy atom. The van der Waals surface area contributed by atoms with Crippen LogP contribution < -0.4 is 10.2 Å². The smallest absolute Gasteiger partial charge is 0.257 e. The monoisotopic (exact) mass is 335 g/mol. The normalized spacial score (nSPS) is 15.5. The molecule has 4 rings (SSSR count). The Bertz CT molecular complexity index is 881. The zero-order valence-electron chi connectivity index (χ0n) is 14.2. The first-order valence-corrected chi connectivity index (χ1v) is 8.47. The van der Waals surface area contributed by atoms with E-state index in [0.29, 0.717) is 11.3 Å². The number of likely N-dealkylation sites (N-methyl/N-ethyl adjacent to an activating group) is 1. The average molecular weight is 335 g/mol. The van der Waals surface area contributed by atoms with E-state index in [1.165, 1.54) is 0 Å². The Labute approximate surface area is 146 Å². The van der Waals surface area contributed by atoms with Crippen molar-refractivity contribution in [3.8, 4) is 0 Å². The summed E-state index contributed by atoms with van der Waals surface area (Å²) >= 11 is 0. The quantitative estimate of drug-likeness (QED) is 0.798. The number of nitrogens with zero attached hydrogens (tertiary/aromatic N) is 4. The number of piperazine rings is 1. The van der Waals surface area contributed by atoms with E-state index in [-0.39, 0.29) is 5.91 Å². The Morgan fingerprint density at radius 3 is 2.64 bits per heavy atom. The Balaban J connectivity index is 1.61. The van der Waals surface area contributed by atoms with Crippen molar-refractivity contribution in [3.05, 3.63) is 60.6 Å². The second-order valence-corrected chi connectivity index (χ2v) is 6.39. The van der Waals surface area contributed by atoms with Crippen molar-refractivity contribution in [2.45, 2.75) is 0 Å². The van der Waals surface area contributed by atoms with E-state index in [1.807, 2.05) is 24.4 Å². The van der Waals surface area contributed by atoms with Crippen LogP contribution in [0.5, 0.6) is 0 Å². The number of hydrogen-bond acceptors (Lipinski definition) is 4. The summed E-state index contributed by atoms with van der Waals surface area (Å²) in [6.07, 6.45) is 5.24. The van der Waals surface area contributed by atoms with Gasteiger partial charge < -0.3 is 19.5 Å². The topological polar surface area (TPSA) is 52.9 Å². The molecule has 0 radical (unpaired) electrons. The van der Waals surface area contributed by atoms with Gasteiger partial charge in [-0.2, -0.15) is 0 Å². The van der Waals surface area contributed by atoms with Crippen molar-refractivity contribution in [2.75, 3.05) is 43.4 Å². The van der Waals surface area contributed by atoms with Crippen molar-refractivity contribution < 1.29 is 4.79 Å². The number of carbonyl (C=O) groups is 1. The molecule has 4 heterocycles. The summed E-state index contributed by atoms with van der Waals surface area (Å²) in [7, 11) is 2.15. The maximum Gasteiger partial charge on any atom is 0.257 e. The van der Waals surface area contributed by atoms with Gasteiger partial charge in [0, 0.05) is 44.1 Å². The summed E-state index contributed by atoms with van der Waals surface area (Å²) in [6, 6.07) is 11.7. The molecular formula is C19H21N5O. The summed E-state index contributed by atoms with van der Waals surface area (Å²) < 4.78 is 2.10. The van der Waals surface area contributed by atoms with Crippen molar-refractivity contribution in [3.63, 3.8) is 0 Å². The molecule has 0 spiro atoms. The van der Waals surface area contributed by atoms with E-state index in [1.54, 1.807) is 18.5 Å². The average Bonchev–Trinajstić information content (AvgIpc) is 3.06. The standard InChI is InChI=1S/C19H21N5O/c1-22-9-11-23(12-10-22)18-7-6-17-5-4-15(14-24(17)18)19(25)21-16-3-2-8-20-13-16/h2-8,13-14H,9-12H2,1H3,(H,21,25). The number of pyridine rings is 2. The van der Waals surface area contributed by atoms with Gasteiger partial charge in [-0.1, -0.05) is 0 Å². The van der Waals surface area contributed by atoms with E-state index < -0.39 is 0 Å². The Morgan fingerprint density at radius 1 is 1.08 bits per heavy atom. The first kappa shape index (κ1) is 15.7. The van der Waals surface area contributed by atoms with Gasteiger partial charge in [-0.3, -0.25) is 9.78 Å². The van der Waals surface area contributed by atoms with Gasteiger partial charge in [0.25, 0.3) is 5.91 Å². The number of carbonyl (C=O) groups excluding carboxylic acids is 1. The second-order valence-electron chi connectivity index (χ2n) is 6.39. The lowest BCUT2D eigenvalue weighted by atomic mass is 10.2. The number of anilines is 2. The van der Waals surface area contributed by atoms with E-state index in [2.05, 4.69) is 43.7 Å². The Hall–Kier alpha value is -2.86. The summed E-state index contributed by atoms with van der Waals surface area (Å²) in [5.41, 5.74) is 2.41.